The van der Waals surface area contributed by atoms with E-state index in [1.54, 1.807) is 7.11 Å². The van der Waals surface area contributed by atoms with Gasteiger partial charge in [0.2, 0.25) is 0 Å². The lowest BCUT2D eigenvalue weighted by Gasteiger charge is -2.24. The molecule has 1 aromatic heterocycles. The van der Waals surface area contributed by atoms with E-state index in [1.807, 2.05) is 30.1 Å². The monoisotopic (exact) mass is 253 g/mol. The van der Waals surface area contributed by atoms with Gasteiger partial charge in [-0.15, -0.1) is 11.8 Å². The van der Waals surface area contributed by atoms with Gasteiger partial charge in [-0.25, -0.2) is 4.98 Å². The van der Waals surface area contributed by atoms with Gasteiger partial charge in [-0.2, -0.15) is 5.06 Å². The van der Waals surface area contributed by atoms with E-state index in [4.69, 9.17) is 4.84 Å². The van der Waals surface area contributed by atoms with Crippen LogP contribution in [-0.4, -0.2) is 48.4 Å². The molecule has 1 aliphatic rings. The third-order valence-electron chi connectivity index (χ3n) is 3.04. The number of pyridine rings is 1. The van der Waals surface area contributed by atoms with Crippen LogP contribution in [0.15, 0.2) is 24.4 Å². The summed E-state index contributed by atoms with van der Waals surface area (Å²) in [7, 11) is 1.75. The standard InChI is InChI=1S/C12H19N3OS/c1-16-15-10-9-14(8-6-12(15)17-2)11-5-3-4-7-13-11/h3-5,7,12H,6,8-10H2,1-2H3. The third kappa shape index (κ3) is 3.12. The molecule has 94 valence electrons. The minimum absolute atomic E-state index is 0.439. The van der Waals surface area contributed by atoms with Gasteiger partial charge >= 0.3 is 0 Å². The second-order valence-corrected chi connectivity index (χ2v) is 4.99. The molecule has 17 heavy (non-hydrogen) atoms. The summed E-state index contributed by atoms with van der Waals surface area (Å²) in [6, 6.07) is 6.05. The van der Waals surface area contributed by atoms with Crippen LogP contribution in [0.2, 0.25) is 0 Å². The highest BCUT2D eigenvalue weighted by Crippen LogP contribution is 2.22. The molecule has 0 aromatic carbocycles. The molecule has 0 saturated carbocycles. The first-order chi connectivity index (χ1) is 8.35. The molecular weight excluding hydrogens is 234 g/mol. The Bertz CT molecular complexity index is 322. The highest BCUT2D eigenvalue weighted by atomic mass is 32.2. The van der Waals surface area contributed by atoms with Gasteiger partial charge in [0.1, 0.15) is 5.82 Å². The van der Waals surface area contributed by atoms with E-state index in [9.17, 15) is 0 Å². The summed E-state index contributed by atoms with van der Waals surface area (Å²) in [5.74, 6) is 1.06. The van der Waals surface area contributed by atoms with Crippen molar-refractivity contribution in [3.63, 3.8) is 0 Å². The lowest BCUT2D eigenvalue weighted by Crippen LogP contribution is -2.33. The lowest BCUT2D eigenvalue weighted by atomic mass is 10.3. The number of thioether (sulfide) groups is 1. The molecule has 0 N–H and O–H groups in total. The van der Waals surface area contributed by atoms with Crippen molar-refractivity contribution >= 4 is 17.6 Å². The van der Waals surface area contributed by atoms with Crippen molar-refractivity contribution in [3.8, 4) is 0 Å². The van der Waals surface area contributed by atoms with E-state index in [2.05, 4.69) is 27.3 Å². The van der Waals surface area contributed by atoms with E-state index >= 15 is 0 Å². The minimum Gasteiger partial charge on any atom is -0.355 e. The van der Waals surface area contributed by atoms with Gasteiger partial charge in [-0.05, 0) is 24.8 Å². The van der Waals surface area contributed by atoms with Crippen LogP contribution in [0.5, 0.6) is 0 Å². The fourth-order valence-electron chi connectivity index (χ4n) is 2.10. The number of hydroxylamine groups is 2. The summed E-state index contributed by atoms with van der Waals surface area (Å²) in [6.45, 7) is 2.91. The zero-order valence-corrected chi connectivity index (χ0v) is 11.2. The number of aromatic nitrogens is 1. The average Bonchev–Trinajstić information content (AvgIpc) is 2.61. The van der Waals surface area contributed by atoms with Crippen molar-refractivity contribution in [2.24, 2.45) is 0 Å². The Labute approximate surface area is 107 Å². The summed E-state index contributed by atoms with van der Waals surface area (Å²) in [5, 5.41) is 2.50. The van der Waals surface area contributed by atoms with Crippen LogP contribution in [-0.2, 0) is 4.84 Å². The van der Waals surface area contributed by atoms with Crippen LogP contribution in [0, 0.1) is 0 Å². The summed E-state index contributed by atoms with van der Waals surface area (Å²) < 4.78 is 0. The molecule has 0 spiro atoms. The first-order valence-corrected chi connectivity index (χ1v) is 7.13. The van der Waals surface area contributed by atoms with Crippen LogP contribution >= 0.6 is 11.8 Å². The Kier molecular flexibility index (Phi) is 4.65. The van der Waals surface area contributed by atoms with Crippen LogP contribution in [0.3, 0.4) is 0 Å². The third-order valence-corrected chi connectivity index (χ3v) is 4.05. The molecule has 2 rings (SSSR count). The highest BCUT2D eigenvalue weighted by Gasteiger charge is 2.23. The Morgan fingerprint density at radius 1 is 1.35 bits per heavy atom. The van der Waals surface area contributed by atoms with Crippen molar-refractivity contribution in [2.45, 2.75) is 11.8 Å². The Morgan fingerprint density at radius 2 is 2.24 bits per heavy atom. The van der Waals surface area contributed by atoms with E-state index in [0.717, 1.165) is 31.9 Å². The fourth-order valence-corrected chi connectivity index (χ4v) is 2.87. The normalized spacial score (nSPS) is 22.5. The second kappa shape index (κ2) is 6.23. The zero-order valence-electron chi connectivity index (χ0n) is 10.4. The Hall–Kier alpha value is -0.780. The highest BCUT2D eigenvalue weighted by molar-refractivity contribution is 7.99. The predicted octanol–water partition coefficient (Wildman–Crippen LogP) is 1.84. The largest absolute Gasteiger partial charge is 0.355 e. The van der Waals surface area contributed by atoms with E-state index in [-0.39, 0.29) is 0 Å². The summed E-state index contributed by atoms with van der Waals surface area (Å²) in [5.41, 5.74) is 0. The molecule has 1 unspecified atom stereocenters. The first-order valence-electron chi connectivity index (χ1n) is 5.84. The van der Waals surface area contributed by atoms with E-state index in [1.165, 1.54) is 0 Å². The van der Waals surface area contributed by atoms with Crippen LogP contribution in [0.25, 0.3) is 0 Å². The zero-order chi connectivity index (χ0) is 12.1. The molecule has 2 heterocycles. The van der Waals surface area contributed by atoms with Crippen molar-refractivity contribution in [3.05, 3.63) is 24.4 Å². The lowest BCUT2D eigenvalue weighted by molar-refractivity contribution is -0.135. The number of hydrogen-bond acceptors (Lipinski definition) is 5. The molecule has 1 aliphatic heterocycles. The van der Waals surface area contributed by atoms with Crippen molar-refractivity contribution in [1.29, 1.82) is 0 Å². The van der Waals surface area contributed by atoms with Crippen molar-refractivity contribution < 1.29 is 4.84 Å². The molecule has 0 radical (unpaired) electrons. The van der Waals surface area contributed by atoms with Gasteiger partial charge in [-0.3, -0.25) is 0 Å². The van der Waals surface area contributed by atoms with E-state index < -0.39 is 0 Å². The summed E-state index contributed by atoms with van der Waals surface area (Å²) >= 11 is 1.84. The van der Waals surface area contributed by atoms with Crippen LogP contribution in [0.1, 0.15) is 6.42 Å². The molecule has 0 bridgehead atoms. The van der Waals surface area contributed by atoms with Crippen LogP contribution in [0.4, 0.5) is 5.82 Å². The fraction of sp³-hybridized carbons (Fsp3) is 0.583. The number of hydrogen-bond donors (Lipinski definition) is 0. The summed E-state index contributed by atoms with van der Waals surface area (Å²) in [4.78, 5) is 12.2. The van der Waals surface area contributed by atoms with E-state index in [0.29, 0.717) is 5.37 Å². The molecule has 1 aromatic rings. The van der Waals surface area contributed by atoms with Crippen LogP contribution < -0.4 is 4.90 Å². The first kappa shape index (κ1) is 12.7. The predicted molar refractivity (Wildman–Crippen MR) is 72.1 cm³/mol. The van der Waals surface area contributed by atoms with Gasteiger partial charge in [0.15, 0.2) is 0 Å². The number of rotatable bonds is 3. The SMILES string of the molecule is CON1CCN(c2ccccn2)CCC1SC. The smallest absolute Gasteiger partial charge is 0.128 e. The van der Waals surface area contributed by atoms with Gasteiger partial charge in [-0.1, -0.05) is 6.07 Å². The average molecular weight is 253 g/mol. The molecule has 1 fully saturated rings. The quantitative estimate of drug-likeness (QED) is 0.820. The Morgan fingerprint density at radius 3 is 2.88 bits per heavy atom. The van der Waals surface area contributed by atoms with Gasteiger partial charge < -0.3 is 9.74 Å². The van der Waals surface area contributed by atoms with Gasteiger partial charge in [0, 0.05) is 25.8 Å². The molecule has 0 aliphatic carbocycles. The molecule has 0 amide bonds. The molecule has 4 nitrogen and oxygen atoms in total. The summed E-state index contributed by atoms with van der Waals surface area (Å²) in [6.07, 6.45) is 5.07. The number of nitrogens with zero attached hydrogens (tertiary/aromatic N) is 3. The molecule has 5 heteroatoms. The molecule has 1 saturated heterocycles. The van der Waals surface area contributed by atoms with Crippen molar-refractivity contribution in [2.75, 3.05) is 37.9 Å². The molecule has 1 atom stereocenters. The maximum absolute atomic E-state index is 5.42. The maximum Gasteiger partial charge on any atom is 0.128 e. The van der Waals surface area contributed by atoms with Gasteiger partial charge in [0.25, 0.3) is 0 Å². The van der Waals surface area contributed by atoms with Gasteiger partial charge in [0.05, 0.1) is 12.5 Å². The second-order valence-electron chi connectivity index (χ2n) is 3.98. The minimum atomic E-state index is 0.439. The number of anilines is 1. The topological polar surface area (TPSA) is 28.6 Å². The molecular formula is C12H19N3OS. The van der Waals surface area contributed by atoms with Crippen molar-refractivity contribution in [1.82, 2.24) is 10.0 Å². The Balaban J connectivity index is 2.04. The maximum atomic E-state index is 5.42.